The summed E-state index contributed by atoms with van der Waals surface area (Å²) in [6, 6.07) is 9.44. The quantitative estimate of drug-likeness (QED) is 0.743. The fourth-order valence-electron chi connectivity index (χ4n) is 2.05. The molecule has 0 saturated carbocycles. The molecule has 0 saturated heterocycles. The van der Waals surface area contributed by atoms with Crippen molar-refractivity contribution < 1.29 is 13.9 Å². The molecule has 0 spiro atoms. The molecule has 0 aliphatic heterocycles. The van der Waals surface area contributed by atoms with Gasteiger partial charge in [0.1, 0.15) is 17.2 Å². The maximum atomic E-state index is 13.0. The van der Waals surface area contributed by atoms with Crippen molar-refractivity contribution in [2.24, 2.45) is 0 Å². The Morgan fingerprint density at radius 2 is 2.17 bits per heavy atom. The van der Waals surface area contributed by atoms with Crippen LogP contribution in [0.25, 0.3) is 5.65 Å². The van der Waals surface area contributed by atoms with Gasteiger partial charge in [-0.1, -0.05) is 6.07 Å². The van der Waals surface area contributed by atoms with Crippen LogP contribution < -0.4 is 10.1 Å². The summed E-state index contributed by atoms with van der Waals surface area (Å²) in [6.07, 6.45) is 3.73. The van der Waals surface area contributed by atoms with Gasteiger partial charge in [-0.2, -0.15) is 0 Å². The molecule has 2 aromatic heterocycles. The van der Waals surface area contributed by atoms with Crippen LogP contribution in [0, 0.1) is 5.82 Å². The minimum Gasteiger partial charge on any atom is -0.484 e. The molecule has 0 unspecified atom stereocenters. The molecule has 5 nitrogen and oxygen atoms in total. The summed E-state index contributed by atoms with van der Waals surface area (Å²) in [7, 11) is 0. The minimum atomic E-state index is -0.404. The van der Waals surface area contributed by atoms with E-state index in [9.17, 15) is 9.18 Å². The van der Waals surface area contributed by atoms with Gasteiger partial charge in [-0.3, -0.25) is 4.79 Å². The number of hydrogen-bond acceptors (Lipinski definition) is 3. The topological polar surface area (TPSA) is 55.6 Å². The number of nitrogens with one attached hydrogen (secondary N) is 1. The fourth-order valence-corrected chi connectivity index (χ4v) is 2.40. The summed E-state index contributed by atoms with van der Waals surface area (Å²) in [5.41, 5.74) is 1.54. The van der Waals surface area contributed by atoms with E-state index in [-0.39, 0.29) is 12.5 Å². The lowest BCUT2D eigenvalue weighted by atomic mass is 10.3. The largest absolute Gasteiger partial charge is 0.484 e. The lowest BCUT2D eigenvalue weighted by molar-refractivity contribution is -0.123. The van der Waals surface area contributed by atoms with E-state index in [0.29, 0.717) is 12.3 Å². The molecule has 1 amide bonds. The van der Waals surface area contributed by atoms with E-state index in [1.807, 2.05) is 28.9 Å². The van der Waals surface area contributed by atoms with E-state index < -0.39 is 5.82 Å². The number of carbonyl (C=O) groups is 1. The number of rotatable bonds is 5. The number of carbonyl (C=O) groups excluding carboxylic acids is 1. The first-order chi connectivity index (χ1) is 11.1. The highest BCUT2D eigenvalue weighted by atomic mass is 79.9. The molecule has 0 radical (unpaired) electrons. The monoisotopic (exact) mass is 377 g/mol. The number of hydrogen-bond donors (Lipinski definition) is 1. The molecule has 7 heteroatoms. The van der Waals surface area contributed by atoms with Crippen LogP contribution in [0.2, 0.25) is 0 Å². The zero-order chi connectivity index (χ0) is 16.2. The number of aromatic nitrogens is 2. The van der Waals surface area contributed by atoms with Gasteiger partial charge < -0.3 is 14.5 Å². The highest BCUT2D eigenvalue weighted by molar-refractivity contribution is 9.10. The van der Waals surface area contributed by atoms with Crippen LogP contribution >= 0.6 is 15.9 Å². The molecule has 0 aliphatic carbocycles. The van der Waals surface area contributed by atoms with Crippen molar-refractivity contribution in [3.63, 3.8) is 0 Å². The summed E-state index contributed by atoms with van der Waals surface area (Å²) in [5, 5.41) is 2.71. The van der Waals surface area contributed by atoms with Gasteiger partial charge in [-0.05, 0) is 40.2 Å². The van der Waals surface area contributed by atoms with E-state index in [1.165, 1.54) is 18.2 Å². The molecule has 23 heavy (non-hydrogen) atoms. The van der Waals surface area contributed by atoms with Crippen molar-refractivity contribution in [1.29, 1.82) is 0 Å². The fraction of sp³-hybridized carbons (Fsp3) is 0.125. The van der Waals surface area contributed by atoms with Crippen LogP contribution in [0.4, 0.5) is 4.39 Å². The zero-order valence-corrected chi connectivity index (χ0v) is 13.6. The second-order valence-corrected chi connectivity index (χ2v) is 5.78. The average Bonchev–Trinajstić information content (AvgIpc) is 2.93. The van der Waals surface area contributed by atoms with Crippen molar-refractivity contribution >= 4 is 27.5 Å². The Kier molecular flexibility index (Phi) is 4.57. The summed E-state index contributed by atoms with van der Waals surface area (Å²) < 4.78 is 21.0. The lowest BCUT2D eigenvalue weighted by Gasteiger charge is -2.06. The molecule has 118 valence electrons. The maximum absolute atomic E-state index is 13.0. The van der Waals surface area contributed by atoms with Crippen molar-refractivity contribution in [3.05, 3.63) is 64.8 Å². The van der Waals surface area contributed by atoms with Gasteiger partial charge >= 0.3 is 0 Å². The van der Waals surface area contributed by atoms with Crippen LogP contribution in [0.3, 0.4) is 0 Å². The summed E-state index contributed by atoms with van der Waals surface area (Å²) >= 11 is 3.39. The Morgan fingerprint density at radius 1 is 1.30 bits per heavy atom. The number of benzene rings is 1. The highest BCUT2D eigenvalue weighted by Crippen LogP contribution is 2.13. The van der Waals surface area contributed by atoms with E-state index in [0.717, 1.165) is 15.8 Å². The molecular formula is C16H13BrFN3O2. The number of ether oxygens (including phenoxy) is 1. The standard InChI is InChI=1S/C16H13BrFN3O2/c17-11-4-5-15-20-13(9-21(15)8-11)7-19-16(22)10-23-14-3-1-2-12(18)6-14/h1-6,8-9H,7,10H2,(H,19,22). The van der Waals surface area contributed by atoms with Crippen LogP contribution in [0.5, 0.6) is 5.75 Å². The number of amides is 1. The highest BCUT2D eigenvalue weighted by Gasteiger charge is 2.06. The van der Waals surface area contributed by atoms with Gasteiger partial charge in [0.2, 0.25) is 0 Å². The van der Waals surface area contributed by atoms with Crippen LogP contribution in [-0.4, -0.2) is 21.9 Å². The number of fused-ring (bicyclic) bond motifs is 1. The van der Waals surface area contributed by atoms with E-state index in [2.05, 4.69) is 26.2 Å². The van der Waals surface area contributed by atoms with Gasteiger partial charge in [0.15, 0.2) is 6.61 Å². The molecule has 2 heterocycles. The second-order valence-electron chi connectivity index (χ2n) is 4.87. The van der Waals surface area contributed by atoms with Crippen molar-refractivity contribution in [2.45, 2.75) is 6.54 Å². The second kappa shape index (κ2) is 6.78. The molecule has 0 aliphatic rings. The Bertz CT molecular complexity index is 850. The molecule has 0 atom stereocenters. The van der Waals surface area contributed by atoms with Gasteiger partial charge in [0.05, 0.1) is 12.2 Å². The molecule has 0 bridgehead atoms. The van der Waals surface area contributed by atoms with E-state index >= 15 is 0 Å². The Labute approximate surface area is 140 Å². The SMILES string of the molecule is O=C(COc1cccc(F)c1)NCc1cn2cc(Br)ccc2n1. The van der Waals surface area contributed by atoms with Crippen LogP contribution in [0.1, 0.15) is 5.69 Å². The molecule has 1 N–H and O–H groups in total. The van der Waals surface area contributed by atoms with E-state index in [1.54, 1.807) is 6.07 Å². The first kappa shape index (κ1) is 15.5. The first-order valence-electron chi connectivity index (χ1n) is 6.88. The molecular weight excluding hydrogens is 365 g/mol. The first-order valence-corrected chi connectivity index (χ1v) is 7.68. The lowest BCUT2D eigenvalue weighted by Crippen LogP contribution is -2.28. The summed E-state index contributed by atoms with van der Waals surface area (Å²) in [6.45, 7) is 0.118. The van der Waals surface area contributed by atoms with Crippen molar-refractivity contribution in [1.82, 2.24) is 14.7 Å². The van der Waals surface area contributed by atoms with Crippen molar-refractivity contribution in [3.8, 4) is 5.75 Å². The van der Waals surface area contributed by atoms with E-state index in [4.69, 9.17) is 4.74 Å². The third-order valence-electron chi connectivity index (χ3n) is 3.10. The van der Waals surface area contributed by atoms with Crippen LogP contribution in [0.15, 0.2) is 53.3 Å². The Hall–Kier alpha value is -2.41. The number of pyridine rings is 1. The maximum Gasteiger partial charge on any atom is 0.258 e. The molecule has 3 aromatic rings. The zero-order valence-electron chi connectivity index (χ0n) is 12.0. The summed E-state index contributed by atoms with van der Waals surface area (Å²) in [5.74, 6) is -0.385. The van der Waals surface area contributed by atoms with Crippen molar-refractivity contribution in [2.75, 3.05) is 6.61 Å². The molecule has 1 aromatic carbocycles. The van der Waals surface area contributed by atoms with Crippen LogP contribution in [-0.2, 0) is 11.3 Å². The Morgan fingerprint density at radius 3 is 3.00 bits per heavy atom. The number of halogens is 2. The average molecular weight is 378 g/mol. The third-order valence-corrected chi connectivity index (χ3v) is 3.57. The van der Waals surface area contributed by atoms with Gasteiger partial charge in [0, 0.05) is 22.9 Å². The molecule has 0 fully saturated rings. The van der Waals surface area contributed by atoms with Gasteiger partial charge in [0.25, 0.3) is 5.91 Å². The predicted octanol–water partition coefficient (Wildman–Crippen LogP) is 2.93. The summed E-state index contributed by atoms with van der Waals surface area (Å²) in [4.78, 5) is 16.2. The van der Waals surface area contributed by atoms with Gasteiger partial charge in [-0.25, -0.2) is 9.37 Å². The molecule has 3 rings (SSSR count). The van der Waals surface area contributed by atoms with Gasteiger partial charge in [-0.15, -0.1) is 0 Å². The Balaban J connectivity index is 1.53. The third kappa shape index (κ3) is 4.07. The normalized spacial score (nSPS) is 10.7. The predicted molar refractivity (Wildman–Crippen MR) is 86.6 cm³/mol. The number of nitrogens with zero attached hydrogens (tertiary/aromatic N) is 2. The smallest absolute Gasteiger partial charge is 0.258 e. The minimum absolute atomic E-state index is 0.178. The number of imidazole rings is 1.